The quantitative estimate of drug-likeness (QED) is 0.330. The Balaban J connectivity index is 1.75. The van der Waals surface area contributed by atoms with E-state index < -0.39 is 11.2 Å². The number of aryl methyl sites for hydroxylation is 1. The van der Waals surface area contributed by atoms with Crippen LogP contribution in [-0.2, 0) is 11.3 Å². The second-order valence-electron chi connectivity index (χ2n) is 6.71. The summed E-state index contributed by atoms with van der Waals surface area (Å²) >= 11 is 1.26. The number of esters is 1. The highest BCUT2D eigenvalue weighted by Crippen LogP contribution is 2.27. The van der Waals surface area contributed by atoms with Crippen molar-refractivity contribution in [3.8, 4) is 5.75 Å². The van der Waals surface area contributed by atoms with Crippen LogP contribution in [0.5, 0.6) is 5.75 Å². The molecular formula is C20H23N5O4S. The highest BCUT2D eigenvalue weighted by Gasteiger charge is 2.27. The van der Waals surface area contributed by atoms with E-state index in [1.807, 2.05) is 24.3 Å². The van der Waals surface area contributed by atoms with Gasteiger partial charge < -0.3 is 14.5 Å². The van der Waals surface area contributed by atoms with Gasteiger partial charge in [-0.15, -0.1) is 5.10 Å². The van der Waals surface area contributed by atoms with Crippen LogP contribution < -0.4 is 4.74 Å². The Hall–Kier alpha value is -3.14. The van der Waals surface area contributed by atoms with E-state index in [0.717, 1.165) is 11.3 Å². The number of Topliss-reactive ketones (excluding diaryl/α,β-unsaturated/α-hetero) is 1. The molecule has 0 aliphatic heterocycles. The number of carbonyl (C=O) groups excluding carboxylic acids is 2. The Kier molecular flexibility index (Phi) is 6.56. The van der Waals surface area contributed by atoms with Gasteiger partial charge in [-0.1, -0.05) is 23.9 Å². The molecule has 9 nitrogen and oxygen atoms in total. The van der Waals surface area contributed by atoms with Crippen LogP contribution in [0.25, 0.3) is 0 Å². The molecule has 0 fully saturated rings. The number of aromatic nitrogens is 5. The van der Waals surface area contributed by atoms with Gasteiger partial charge in [-0.25, -0.2) is 9.48 Å². The molecule has 2 heterocycles. The van der Waals surface area contributed by atoms with Crippen LogP contribution in [0.15, 0.2) is 29.4 Å². The molecule has 2 aromatic heterocycles. The Labute approximate surface area is 178 Å². The van der Waals surface area contributed by atoms with Crippen molar-refractivity contribution in [2.24, 2.45) is 0 Å². The summed E-state index contributed by atoms with van der Waals surface area (Å²) in [4.78, 5) is 28.0. The van der Waals surface area contributed by atoms with Crippen LogP contribution in [0, 0.1) is 13.8 Å². The number of tetrazole rings is 1. The van der Waals surface area contributed by atoms with Gasteiger partial charge in [0.2, 0.25) is 5.16 Å². The zero-order valence-corrected chi connectivity index (χ0v) is 18.2. The van der Waals surface area contributed by atoms with Gasteiger partial charge in [0.15, 0.2) is 5.78 Å². The molecule has 10 heteroatoms. The summed E-state index contributed by atoms with van der Waals surface area (Å²) in [5.74, 6) is 0.158. The smallest absolute Gasteiger partial charge is 0.339 e. The van der Waals surface area contributed by atoms with E-state index in [0.29, 0.717) is 34.2 Å². The third-order valence-electron chi connectivity index (χ3n) is 4.72. The van der Waals surface area contributed by atoms with E-state index in [9.17, 15) is 9.59 Å². The maximum Gasteiger partial charge on any atom is 0.339 e. The Morgan fingerprint density at radius 3 is 2.53 bits per heavy atom. The fourth-order valence-corrected chi connectivity index (χ4v) is 3.95. The molecule has 158 valence electrons. The summed E-state index contributed by atoms with van der Waals surface area (Å²) in [5, 5.41) is 11.9. The number of hydrogen-bond acceptors (Lipinski definition) is 8. The third kappa shape index (κ3) is 4.38. The average Bonchev–Trinajstić information content (AvgIpc) is 3.30. The normalized spacial score (nSPS) is 11.9. The molecule has 0 saturated heterocycles. The first-order valence-corrected chi connectivity index (χ1v) is 10.1. The molecule has 3 rings (SSSR count). The van der Waals surface area contributed by atoms with E-state index in [2.05, 4.69) is 20.5 Å². The van der Waals surface area contributed by atoms with Crippen LogP contribution in [-0.4, -0.2) is 56.4 Å². The zero-order valence-electron chi connectivity index (χ0n) is 17.4. The number of ether oxygens (including phenoxy) is 2. The summed E-state index contributed by atoms with van der Waals surface area (Å²) in [6.07, 6.45) is 0. The highest BCUT2D eigenvalue weighted by atomic mass is 32.2. The summed E-state index contributed by atoms with van der Waals surface area (Å²) < 4.78 is 11.6. The number of methoxy groups -OCH3 is 2. The second kappa shape index (κ2) is 9.12. The van der Waals surface area contributed by atoms with Crippen LogP contribution in [0.3, 0.4) is 0 Å². The number of thioether (sulfide) groups is 1. The maximum atomic E-state index is 13.0. The highest BCUT2D eigenvalue weighted by molar-refractivity contribution is 8.00. The lowest BCUT2D eigenvalue weighted by Crippen LogP contribution is -2.17. The number of ketones is 1. The van der Waals surface area contributed by atoms with Gasteiger partial charge in [0.25, 0.3) is 0 Å². The first-order valence-electron chi connectivity index (χ1n) is 9.23. The van der Waals surface area contributed by atoms with Crippen molar-refractivity contribution in [3.05, 3.63) is 52.3 Å². The SMILES string of the molecule is COC(=O)c1c(C)[nH]c(C(=O)[C@H](C)Sc2nnnn2Cc2ccc(OC)cc2)c1C. The fourth-order valence-electron chi connectivity index (χ4n) is 3.10. The number of aromatic amines is 1. The van der Waals surface area contributed by atoms with Crippen molar-refractivity contribution >= 4 is 23.5 Å². The molecule has 30 heavy (non-hydrogen) atoms. The molecule has 0 unspecified atom stereocenters. The van der Waals surface area contributed by atoms with Crippen LogP contribution in [0.4, 0.5) is 0 Å². The lowest BCUT2D eigenvalue weighted by atomic mass is 10.1. The van der Waals surface area contributed by atoms with Crippen molar-refractivity contribution in [1.82, 2.24) is 25.2 Å². The second-order valence-corrected chi connectivity index (χ2v) is 8.02. The molecule has 0 amide bonds. The lowest BCUT2D eigenvalue weighted by molar-refractivity contribution is 0.0599. The number of hydrogen-bond donors (Lipinski definition) is 1. The zero-order chi connectivity index (χ0) is 21.8. The van der Waals surface area contributed by atoms with Gasteiger partial charge in [-0.2, -0.15) is 0 Å². The predicted octanol–water partition coefficient (Wildman–Crippen LogP) is 2.83. The van der Waals surface area contributed by atoms with Crippen molar-refractivity contribution in [2.75, 3.05) is 14.2 Å². The van der Waals surface area contributed by atoms with Gasteiger partial charge in [0, 0.05) is 5.69 Å². The molecule has 0 saturated carbocycles. The summed E-state index contributed by atoms with van der Waals surface area (Å²) in [6, 6.07) is 7.60. The van der Waals surface area contributed by atoms with Gasteiger partial charge in [0.05, 0.1) is 37.3 Å². The number of rotatable bonds is 8. The first-order chi connectivity index (χ1) is 14.3. The minimum absolute atomic E-state index is 0.144. The molecule has 0 aliphatic rings. The fraction of sp³-hybridized carbons (Fsp3) is 0.350. The molecule has 3 aromatic rings. The summed E-state index contributed by atoms with van der Waals surface area (Å²) in [6.45, 7) is 5.72. The van der Waals surface area contributed by atoms with E-state index in [4.69, 9.17) is 9.47 Å². The van der Waals surface area contributed by atoms with Gasteiger partial charge >= 0.3 is 5.97 Å². The lowest BCUT2D eigenvalue weighted by Gasteiger charge is -2.10. The number of H-pyrrole nitrogens is 1. The number of benzene rings is 1. The van der Waals surface area contributed by atoms with Crippen LogP contribution in [0.2, 0.25) is 0 Å². The van der Waals surface area contributed by atoms with Crippen molar-refractivity contribution in [1.29, 1.82) is 0 Å². The Morgan fingerprint density at radius 2 is 1.90 bits per heavy atom. The largest absolute Gasteiger partial charge is 0.497 e. The Morgan fingerprint density at radius 1 is 1.20 bits per heavy atom. The maximum absolute atomic E-state index is 13.0. The molecule has 1 N–H and O–H groups in total. The molecular weight excluding hydrogens is 406 g/mol. The number of carbonyl (C=O) groups is 2. The molecule has 1 atom stereocenters. The van der Waals surface area contributed by atoms with E-state index in [-0.39, 0.29) is 5.78 Å². The predicted molar refractivity (Wildman–Crippen MR) is 111 cm³/mol. The minimum atomic E-state index is -0.468. The van der Waals surface area contributed by atoms with Crippen molar-refractivity contribution < 1.29 is 19.1 Å². The number of nitrogens with zero attached hydrogens (tertiary/aromatic N) is 4. The summed E-state index contributed by atoms with van der Waals surface area (Å²) in [7, 11) is 2.93. The van der Waals surface area contributed by atoms with E-state index in [1.165, 1.54) is 18.9 Å². The van der Waals surface area contributed by atoms with Gasteiger partial charge in [-0.3, -0.25) is 4.79 Å². The van der Waals surface area contributed by atoms with Gasteiger partial charge in [0.1, 0.15) is 5.75 Å². The summed E-state index contributed by atoms with van der Waals surface area (Å²) in [5.41, 5.74) is 2.96. The third-order valence-corrected chi connectivity index (χ3v) is 5.79. The van der Waals surface area contributed by atoms with Crippen molar-refractivity contribution in [3.63, 3.8) is 0 Å². The molecule has 0 bridgehead atoms. The average molecular weight is 430 g/mol. The minimum Gasteiger partial charge on any atom is -0.497 e. The van der Waals surface area contributed by atoms with Gasteiger partial charge in [-0.05, 0) is 54.5 Å². The van der Waals surface area contributed by atoms with Crippen LogP contribution in [0.1, 0.15) is 44.6 Å². The Bertz CT molecular complexity index is 1060. The van der Waals surface area contributed by atoms with E-state index >= 15 is 0 Å². The standard InChI is InChI=1S/C20H23N5O4S/c1-11-16(19(27)29-5)12(2)21-17(11)18(26)13(3)30-20-22-23-24-25(20)10-14-6-8-15(28-4)9-7-14/h6-9,13,21H,10H2,1-5H3/t13-/m0/s1. The van der Waals surface area contributed by atoms with Crippen LogP contribution >= 0.6 is 11.8 Å². The van der Waals surface area contributed by atoms with Crippen molar-refractivity contribution in [2.45, 2.75) is 37.7 Å². The first kappa shape index (κ1) is 21.6. The molecule has 0 spiro atoms. The monoisotopic (exact) mass is 429 g/mol. The molecule has 0 radical (unpaired) electrons. The van der Waals surface area contributed by atoms with E-state index in [1.54, 1.807) is 32.6 Å². The molecule has 1 aromatic carbocycles. The number of nitrogens with one attached hydrogen (secondary N) is 1. The molecule has 0 aliphatic carbocycles. The topological polar surface area (TPSA) is 112 Å².